The summed E-state index contributed by atoms with van der Waals surface area (Å²) in [4.78, 5) is 4.43. The largest absolute Gasteiger partial charge is 0.439 e. The van der Waals surface area contributed by atoms with Crippen molar-refractivity contribution in [2.24, 2.45) is 0 Å². The molecule has 1 aromatic heterocycles. The van der Waals surface area contributed by atoms with Crippen LogP contribution < -0.4 is 5.73 Å². The van der Waals surface area contributed by atoms with Crippen LogP contribution in [-0.2, 0) is 12.8 Å². The van der Waals surface area contributed by atoms with Crippen molar-refractivity contribution in [3.63, 3.8) is 0 Å². The Labute approximate surface area is 116 Å². The van der Waals surface area contributed by atoms with Gasteiger partial charge in [0.05, 0.1) is 5.02 Å². The zero-order valence-electron chi connectivity index (χ0n) is 10.3. The van der Waals surface area contributed by atoms with E-state index in [4.69, 9.17) is 21.8 Å². The molecule has 0 atom stereocenters. The monoisotopic (exact) mass is 272 g/mol. The first-order valence-corrected chi connectivity index (χ1v) is 6.48. The molecule has 0 aliphatic rings. The van der Waals surface area contributed by atoms with Crippen molar-refractivity contribution < 1.29 is 4.42 Å². The molecule has 0 radical (unpaired) electrons. The van der Waals surface area contributed by atoms with Crippen molar-refractivity contribution in [1.29, 1.82) is 0 Å². The van der Waals surface area contributed by atoms with Crippen LogP contribution in [0.4, 0.5) is 5.69 Å². The smallest absolute Gasteiger partial charge is 0.195 e. The number of nitrogens with two attached hydrogens (primary N) is 1. The molecule has 0 fully saturated rings. The Morgan fingerprint density at radius 2 is 1.84 bits per heavy atom. The van der Waals surface area contributed by atoms with Crippen LogP contribution >= 0.6 is 11.6 Å². The normalized spacial score (nSPS) is 11.0. The van der Waals surface area contributed by atoms with Crippen LogP contribution in [0.3, 0.4) is 0 Å². The van der Waals surface area contributed by atoms with Crippen molar-refractivity contribution in [1.82, 2.24) is 4.98 Å². The highest BCUT2D eigenvalue weighted by Crippen LogP contribution is 2.24. The lowest BCUT2D eigenvalue weighted by atomic mass is 10.1. The fourth-order valence-corrected chi connectivity index (χ4v) is 2.21. The first kappa shape index (κ1) is 12.1. The molecule has 0 amide bonds. The van der Waals surface area contributed by atoms with E-state index in [9.17, 15) is 0 Å². The van der Waals surface area contributed by atoms with Crippen LogP contribution in [0.25, 0.3) is 11.1 Å². The van der Waals surface area contributed by atoms with Gasteiger partial charge >= 0.3 is 0 Å². The molecule has 2 N–H and O–H groups in total. The van der Waals surface area contributed by atoms with E-state index in [0.717, 1.165) is 24.0 Å². The van der Waals surface area contributed by atoms with Crippen LogP contribution in [0.2, 0.25) is 5.02 Å². The van der Waals surface area contributed by atoms with Gasteiger partial charge in [-0.2, -0.15) is 0 Å². The van der Waals surface area contributed by atoms with E-state index in [0.29, 0.717) is 16.5 Å². The Balaban J connectivity index is 1.78. The second-order valence-electron chi connectivity index (χ2n) is 4.44. The van der Waals surface area contributed by atoms with Gasteiger partial charge in [0.25, 0.3) is 0 Å². The third-order valence-corrected chi connectivity index (χ3v) is 3.32. The van der Waals surface area contributed by atoms with E-state index in [1.807, 2.05) is 36.4 Å². The van der Waals surface area contributed by atoms with E-state index in [1.54, 1.807) is 6.07 Å². The van der Waals surface area contributed by atoms with Crippen LogP contribution in [0.15, 0.2) is 46.9 Å². The molecule has 0 unspecified atom stereocenters. The van der Waals surface area contributed by atoms with Gasteiger partial charge in [0.15, 0.2) is 11.5 Å². The van der Waals surface area contributed by atoms with Crippen LogP contribution in [0, 0.1) is 0 Å². The summed E-state index contributed by atoms with van der Waals surface area (Å²) in [7, 11) is 0. The minimum atomic E-state index is 0.601. The van der Waals surface area contributed by atoms with Gasteiger partial charge in [0.1, 0.15) is 5.52 Å². The molecule has 0 saturated heterocycles. The molecule has 0 bridgehead atoms. The average molecular weight is 273 g/mol. The Hall–Kier alpha value is -2.00. The Morgan fingerprint density at radius 1 is 1.05 bits per heavy atom. The van der Waals surface area contributed by atoms with Gasteiger partial charge in [-0.05, 0) is 36.2 Å². The number of hydrogen-bond donors (Lipinski definition) is 1. The van der Waals surface area contributed by atoms with E-state index >= 15 is 0 Å². The number of nitrogen functional groups attached to an aromatic ring is 1. The molecule has 19 heavy (non-hydrogen) atoms. The summed E-state index contributed by atoms with van der Waals surface area (Å²) < 4.78 is 5.68. The van der Waals surface area contributed by atoms with E-state index < -0.39 is 0 Å². The third kappa shape index (κ3) is 2.56. The lowest BCUT2D eigenvalue weighted by Crippen LogP contribution is -1.92. The molecule has 0 aliphatic carbocycles. The molecule has 3 nitrogen and oxygen atoms in total. The number of anilines is 1. The summed E-state index contributed by atoms with van der Waals surface area (Å²) in [6.07, 6.45) is 1.61. The fraction of sp³-hybridized carbons (Fsp3) is 0.133. The first-order valence-electron chi connectivity index (χ1n) is 6.11. The number of para-hydroxylation sites is 1. The highest BCUT2D eigenvalue weighted by Gasteiger charge is 2.08. The Bertz CT molecular complexity index is 704. The second kappa shape index (κ2) is 4.94. The minimum absolute atomic E-state index is 0.601. The summed E-state index contributed by atoms with van der Waals surface area (Å²) in [5.74, 6) is 0.708. The maximum atomic E-state index is 6.06. The number of hydrogen-bond acceptors (Lipinski definition) is 3. The number of nitrogens with zero attached hydrogens (tertiary/aromatic N) is 1. The van der Waals surface area contributed by atoms with Gasteiger partial charge in [0.2, 0.25) is 0 Å². The Kier molecular flexibility index (Phi) is 3.13. The maximum Gasteiger partial charge on any atom is 0.195 e. The van der Waals surface area contributed by atoms with E-state index in [1.165, 1.54) is 5.56 Å². The molecule has 0 saturated carbocycles. The van der Waals surface area contributed by atoms with Gasteiger partial charge in [0, 0.05) is 12.1 Å². The fourth-order valence-electron chi connectivity index (χ4n) is 2.00. The molecular weight excluding hydrogens is 260 g/mol. The summed E-state index contributed by atoms with van der Waals surface area (Å²) in [6.45, 7) is 0. The van der Waals surface area contributed by atoms with Gasteiger partial charge in [-0.3, -0.25) is 0 Å². The summed E-state index contributed by atoms with van der Waals surface area (Å²) in [5.41, 5.74) is 9.11. The lowest BCUT2D eigenvalue weighted by molar-refractivity contribution is 0.528. The number of fused-ring (bicyclic) bond motifs is 1. The van der Waals surface area contributed by atoms with Gasteiger partial charge < -0.3 is 10.2 Å². The van der Waals surface area contributed by atoms with Crippen molar-refractivity contribution >= 4 is 28.4 Å². The molecule has 3 rings (SSSR count). The maximum absolute atomic E-state index is 6.06. The van der Waals surface area contributed by atoms with E-state index in [-0.39, 0.29) is 0 Å². The Morgan fingerprint density at radius 3 is 2.58 bits per heavy atom. The standard InChI is InChI=1S/C15H13ClN2O/c16-12-2-1-3-13-15(12)19-14(18-13)9-6-10-4-7-11(17)8-5-10/h1-5,7-8H,6,9,17H2. The predicted molar refractivity (Wildman–Crippen MR) is 77.3 cm³/mol. The summed E-state index contributed by atoms with van der Waals surface area (Å²) >= 11 is 6.06. The van der Waals surface area contributed by atoms with Crippen molar-refractivity contribution in [2.45, 2.75) is 12.8 Å². The number of halogens is 1. The minimum Gasteiger partial charge on any atom is -0.439 e. The van der Waals surface area contributed by atoms with Crippen molar-refractivity contribution in [3.05, 3.63) is 58.9 Å². The number of rotatable bonds is 3. The summed E-state index contributed by atoms with van der Waals surface area (Å²) in [5, 5.41) is 0.601. The quantitative estimate of drug-likeness (QED) is 0.737. The second-order valence-corrected chi connectivity index (χ2v) is 4.84. The number of aryl methyl sites for hydroxylation is 2. The molecule has 96 valence electrons. The number of benzene rings is 2. The topological polar surface area (TPSA) is 52.0 Å². The highest BCUT2D eigenvalue weighted by atomic mass is 35.5. The molecule has 3 aromatic rings. The molecule has 0 aliphatic heterocycles. The molecular formula is C15H13ClN2O. The van der Waals surface area contributed by atoms with Gasteiger partial charge in [-0.15, -0.1) is 0 Å². The average Bonchev–Trinajstić information content (AvgIpc) is 2.83. The summed E-state index contributed by atoms with van der Waals surface area (Å²) in [6, 6.07) is 13.4. The van der Waals surface area contributed by atoms with Gasteiger partial charge in [-0.25, -0.2) is 4.98 Å². The number of aromatic nitrogens is 1. The third-order valence-electron chi connectivity index (χ3n) is 3.02. The molecule has 0 spiro atoms. The highest BCUT2D eigenvalue weighted by molar-refractivity contribution is 6.34. The number of oxazole rings is 1. The zero-order valence-corrected chi connectivity index (χ0v) is 11.0. The van der Waals surface area contributed by atoms with Crippen molar-refractivity contribution in [2.75, 3.05) is 5.73 Å². The van der Waals surface area contributed by atoms with Gasteiger partial charge in [-0.1, -0.05) is 29.8 Å². The zero-order chi connectivity index (χ0) is 13.2. The molecule has 4 heteroatoms. The van der Waals surface area contributed by atoms with Crippen LogP contribution in [0.1, 0.15) is 11.5 Å². The molecule has 1 heterocycles. The first-order chi connectivity index (χ1) is 9.22. The SMILES string of the molecule is Nc1ccc(CCc2nc3cccc(Cl)c3o2)cc1. The molecule has 2 aromatic carbocycles. The van der Waals surface area contributed by atoms with Crippen LogP contribution in [0.5, 0.6) is 0 Å². The van der Waals surface area contributed by atoms with Crippen LogP contribution in [-0.4, -0.2) is 4.98 Å². The lowest BCUT2D eigenvalue weighted by Gasteiger charge is -1.99. The predicted octanol–water partition coefficient (Wildman–Crippen LogP) is 3.85. The van der Waals surface area contributed by atoms with E-state index in [2.05, 4.69) is 4.98 Å². The van der Waals surface area contributed by atoms with Crippen molar-refractivity contribution in [3.8, 4) is 0 Å².